The predicted molar refractivity (Wildman–Crippen MR) is 44.9 cm³/mol. The minimum Gasteiger partial charge on any atom is -0.448 e. The molecule has 0 rings (SSSR count). The van der Waals surface area contributed by atoms with Crippen LogP contribution < -0.4 is 0 Å². The second-order valence-electron chi connectivity index (χ2n) is 1.83. The zero-order valence-corrected chi connectivity index (χ0v) is 8.19. The van der Waals surface area contributed by atoms with Gasteiger partial charge in [-0.05, 0) is 29.5 Å². The Morgan fingerprint density at radius 2 is 2.33 bits per heavy atom. The molecule has 0 spiro atoms. The lowest BCUT2D eigenvalue weighted by molar-refractivity contribution is -0.145. The zero-order valence-electron chi connectivity index (χ0n) is 5.28. The van der Waals surface area contributed by atoms with Crippen molar-refractivity contribution in [3.05, 3.63) is 0 Å². The van der Waals surface area contributed by atoms with E-state index in [2.05, 4.69) is 0 Å². The lowest BCUT2D eigenvalue weighted by Crippen LogP contribution is -2.24. The van der Waals surface area contributed by atoms with Crippen molar-refractivity contribution in [3.8, 4) is 0 Å². The molecule has 0 heterocycles. The van der Waals surface area contributed by atoms with Crippen LogP contribution in [-0.4, -0.2) is 15.5 Å². The first-order chi connectivity index (χ1) is 3.98. The molecule has 0 N–H and O–H groups in total. The minimum absolute atomic E-state index is 0.299. The molecule has 2 nitrogen and oxygen atoms in total. The van der Waals surface area contributed by atoms with Crippen LogP contribution in [0.25, 0.3) is 0 Å². The molecular weight excluding hydrogens is 254 g/mol. The molecular formula is C5H8ClIO2. The second kappa shape index (κ2) is 3.61. The van der Waals surface area contributed by atoms with E-state index in [9.17, 15) is 4.79 Å². The topological polar surface area (TPSA) is 26.3 Å². The highest BCUT2D eigenvalue weighted by Crippen LogP contribution is 2.20. The van der Waals surface area contributed by atoms with E-state index in [-0.39, 0.29) is 5.97 Å². The highest BCUT2D eigenvalue weighted by atomic mass is 127. The van der Waals surface area contributed by atoms with Crippen LogP contribution in [0.2, 0.25) is 0 Å². The van der Waals surface area contributed by atoms with Gasteiger partial charge in [0.25, 0.3) is 0 Å². The molecule has 1 unspecified atom stereocenters. The second-order valence-corrected chi connectivity index (χ2v) is 4.38. The summed E-state index contributed by atoms with van der Waals surface area (Å²) < 4.78 is 4.25. The van der Waals surface area contributed by atoms with Gasteiger partial charge in [-0.15, -0.1) is 11.6 Å². The fraction of sp³-hybridized carbons (Fsp3) is 0.800. The van der Waals surface area contributed by atoms with E-state index in [1.54, 1.807) is 6.92 Å². The van der Waals surface area contributed by atoms with Gasteiger partial charge >= 0.3 is 5.97 Å². The number of carbonyl (C=O) groups excluding carboxylic acids is 1. The summed E-state index contributed by atoms with van der Waals surface area (Å²) in [5, 5.41) is 0. The summed E-state index contributed by atoms with van der Waals surface area (Å²) >= 11 is 7.43. The summed E-state index contributed by atoms with van der Waals surface area (Å²) in [7, 11) is 0. The van der Waals surface area contributed by atoms with Gasteiger partial charge in [-0.1, -0.05) is 0 Å². The largest absolute Gasteiger partial charge is 0.448 e. The minimum atomic E-state index is -0.550. The molecule has 0 saturated carbocycles. The van der Waals surface area contributed by atoms with Crippen molar-refractivity contribution in [2.24, 2.45) is 0 Å². The van der Waals surface area contributed by atoms with Crippen LogP contribution in [0.3, 0.4) is 0 Å². The third-order valence-corrected chi connectivity index (χ3v) is 2.16. The van der Waals surface area contributed by atoms with E-state index in [4.69, 9.17) is 16.3 Å². The maximum atomic E-state index is 10.3. The number of rotatable bonds is 2. The van der Waals surface area contributed by atoms with Crippen molar-refractivity contribution >= 4 is 40.2 Å². The standard InChI is InChI=1S/C5H8ClIO2/c1-4(8)9-5(2,7)3-6/h3H2,1-2H3. The maximum absolute atomic E-state index is 10.3. The summed E-state index contributed by atoms with van der Waals surface area (Å²) in [4.78, 5) is 10.3. The van der Waals surface area contributed by atoms with Crippen LogP contribution in [0.15, 0.2) is 0 Å². The molecule has 0 aromatic rings. The molecule has 4 heteroatoms. The van der Waals surface area contributed by atoms with Gasteiger partial charge in [0, 0.05) is 6.92 Å². The highest BCUT2D eigenvalue weighted by molar-refractivity contribution is 14.1. The number of hydrogen-bond acceptors (Lipinski definition) is 2. The van der Waals surface area contributed by atoms with E-state index in [1.807, 2.05) is 22.6 Å². The van der Waals surface area contributed by atoms with E-state index in [0.717, 1.165) is 0 Å². The molecule has 0 bridgehead atoms. The molecule has 0 aliphatic rings. The van der Waals surface area contributed by atoms with Crippen molar-refractivity contribution in [1.82, 2.24) is 0 Å². The third-order valence-electron chi connectivity index (χ3n) is 0.595. The molecule has 0 aliphatic carbocycles. The van der Waals surface area contributed by atoms with Crippen molar-refractivity contribution < 1.29 is 9.53 Å². The average Bonchev–Trinajstić information content (AvgIpc) is 1.63. The number of esters is 1. The van der Waals surface area contributed by atoms with Crippen molar-refractivity contribution in [1.29, 1.82) is 0 Å². The maximum Gasteiger partial charge on any atom is 0.303 e. The Morgan fingerprint density at radius 3 is 2.44 bits per heavy atom. The van der Waals surface area contributed by atoms with Gasteiger partial charge in [-0.25, -0.2) is 0 Å². The van der Waals surface area contributed by atoms with Crippen LogP contribution in [0, 0.1) is 0 Å². The highest BCUT2D eigenvalue weighted by Gasteiger charge is 2.21. The Bertz CT molecular complexity index is 114. The van der Waals surface area contributed by atoms with Gasteiger partial charge in [-0.3, -0.25) is 4.79 Å². The molecule has 0 radical (unpaired) electrons. The van der Waals surface area contributed by atoms with Crippen molar-refractivity contribution in [2.45, 2.75) is 17.5 Å². The zero-order chi connectivity index (χ0) is 7.49. The number of carbonyl (C=O) groups is 1. The monoisotopic (exact) mass is 262 g/mol. The number of ether oxygens (including phenoxy) is 1. The van der Waals surface area contributed by atoms with Gasteiger partial charge in [0.2, 0.25) is 0 Å². The van der Waals surface area contributed by atoms with Gasteiger partial charge in [0.15, 0.2) is 3.61 Å². The third kappa shape index (κ3) is 4.96. The Morgan fingerprint density at radius 1 is 1.89 bits per heavy atom. The number of alkyl halides is 2. The normalized spacial score (nSPS) is 16.4. The van der Waals surface area contributed by atoms with E-state index in [0.29, 0.717) is 5.88 Å². The summed E-state index contributed by atoms with van der Waals surface area (Å²) in [6.45, 7) is 3.12. The SMILES string of the molecule is CC(=O)OC(C)(I)CCl. The Labute approximate surface area is 73.0 Å². The van der Waals surface area contributed by atoms with Gasteiger partial charge in [0.1, 0.15) is 0 Å². The molecule has 0 saturated heterocycles. The molecule has 0 aliphatic heterocycles. The smallest absolute Gasteiger partial charge is 0.303 e. The number of halogens is 2. The predicted octanol–water partition coefficient (Wildman–Crippen LogP) is 1.94. The molecule has 1 atom stereocenters. The summed E-state index contributed by atoms with van der Waals surface area (Å²) in [5.41, 5.74) is 0. The van der Waals surface area contributed by atoms with E-state index >= 15 is 0 Å². The molecule has 9 heavy (non-hydrogen) atoms. The van der Waals surface area contributed by atoms with Gasteiger partial charge < -0.3 is 4.74 Å². The van der Waals surface area contributed by atoms with Crippen LogP contribution in [0.5, 0.6) is 0 Å². The average molecular weight is 262 g/mol. The molecule has 0 aromatic carbocycles. The fourth-order valence-electron chi connectivity index (χ4n) is 0.327. The Kier molecular flexibility index (Phi) is 3.80. The first-order valence-electron chi connectivity index (χ1n) is 2.42. The van der Waals surface area contributed by atoms with Crippen LogP contribution in [0.1, 0.15) is 13.8 Å². The first kappa shape index (κ1) is 9.49. The quantitative estimate of drug-likeness (QED) is 0.432. The lowest BCUT2D eigenvalue weighted by Gasteiger charge is -2.18. The molecule has 54 valence electrons. The van der Waals surface area contributed by atoms with Gasteiger partial charge in [-0.2, -0.15) is 0 Å². The fourth-order valence-corrected chi connectivity index (χ4v) is 0.692. The summed E-state index contributed by atoms with van der Waals surface area (Å²) in [6.07, 6.45) is 0. The summed E-state index contributed by atoms with van der Waals surface area (Å²) in [5.74, 6) is 0.0141. The lowest BCUT2D eigenvalue weighted by atomic mass is 10.5. The van der Waals surface area contributed by atoms with Crippen LogP contribution >= 0.6 is 34.2 Å². The molecule has 0 amide bonds. The van der Waals surface area contributed by atoms with Gasteiger partial charge in [0.05, 0.1) is 5.88 Å². The van der Waals surface area contributed by atoms with E-state index in [1.165, 1.54) is 6.92 Å². The van der Waals surface area contributed by atoms with Crippen LogP contribution in [0.4, 0.5) is 0 Å². The van der Waals surface area contributed by atoms with Crippen molar-refractivity contribution in [2.75, 3.05) is 5.88 Å². The Balaban J connectivity index is 3.71. The summed E-state index contributed by atoms with van der Waals surface area (Å²) in [6, 6.07) is 0. The first-order valence-corrected chi connectivity index (χ1v) is 4.04. The van der Waals surface area contributed by atoms with E-state index < -0.39 is 3.61 Å². The molecule has 0 aromatic heterocycles. The van der Waals surface area contributed by atoms with Crippen molar-refractivity contribution in [3.63, 3.8) is 0 Å². The van der Waals surface area contributed by atoms with Crippen LogP contribution in [-0.2, 0) is 9.53 Å². The molecule has 0 fully saturated rings. The number of hydrogen-bond donors (Lipinski definition) is 0. The Hall–Kier alpha value is 0.490.